The standard InChI is InChI=1S/C60H117NO5/c1-3-5-7-9-11-13-15-17-19-21-22-24-25-28-32-36-40-44-48-52-58(63)57(56-62)61-59(64)53-49-45-41-37-33-29-27-31-35-39-43-47-51-55-66-60(65)54-50-46-42-38-34-30-26-23-20-18-16-14-12-10-8-6-4-2/h48,52,57-58,62-63H,3-47,49-51,53-56H2,1-2H3,(H,61,64)/b52-48+. The summed E-state index contributed by atoms with van der Waals surface area (Å²) < 4.78 is 5.48. The summed E-state index contributed by atoms with van der Waals surface area (Å²) in [6.45, 7) is 4.91. The predicted octanol–water partition coefficient (Wildman–Crippen LogP) is 18.5. The number of carbonyl (C=O) groups excluding carboxylic acids is 2. The van der Waals surface area contributed by atoms with Gasteiger partial charge in [0.05, 0.1) is 25.4 Å². The number of ether oxygens (including phenoxy) is 1. The fourth-order valence-corrected chi connectivity index (χ4v) is 9.46. The van der Waals surface area contributed by atoms with E-state index in [1.165, 1.54) is 250 Å². The van der Waals surface area contributed by atoms with Crippen molar-refractivity contribution in [2.24, 2.45) is 0 Å². The number of hydrogen-bond acceptors (Lipinski definition) is 5. The Morgan fingerprint density at radius 1 is 0.409 bits per heavy atom. The van der Waals surface area contributed by atoms with E-state index in [1.54, 1.807) is 6.08 Å². The van der Waals surface area contributed by atoms with Crippen molar-refractivity contribution in [3.63, 3.8) is 0 Å². The first-order chi connectivity index (χ1) is 32.5. The van der Waals surface area contributed by atoms with Crippen LogP contribution in [0.25, 0.3) is 0 Å². The molecular formula is C60H117NO5. The van der Waals surface area contributed by atoms with Gasteiger partial charge in [-0.25, -0.2) is 0 Å². The van der Waals surface area contributed by atoms with Crippen molar-refractivity contribution in [3.05, 3.63) is 12.2 Å². The number of amides is 1. The zero-order valence-electron chi connectivity index (χ0n) is 44.7. The highest BCUT2D eigenvalue weighted by atomic mass is 16.5. The third-order valence-electron chi connectivity index (χ3n) is 14.1. The van der Waals surface area contributed by atoms with E-state index in [0.29, 0.717) is 19.4 Å². The second-order valence-electron chi connectivity index (χ2n) is 20.7. The SMILES string of the molecule is CCCCCCCCCCCCCCCCCCC/C=C/C(O)C(CO)NC(=O)CCCCCCCCCCCCCCCOC(=O)CCCCCCCCCCCCCCCCCCC. The normalized spacial score (nSPS) is 12.6. The molecule has 0 aliphatic carbocycles. The molecule has 66 heavy (non-hydrogen) atoms. The number of hydrogen-bond donors (Lipinski definition) is 3. The van der Waals surface area contributed by atoms with Crippen molar-refractivity contribution >= 4 is 11.9 Å². The van der Waals surface area contributed by atoms with Crippen LogP contribution in [-0.2, 0) is 14.3 Å². The van der Waals surface area contributed by atoms with Crippen LogP contribution >= 0.6 is 0 Å². The molecule has 3 N–H and O–H groups in total. The first-order valence-electron chi connectivity index (χ1n) is 30.0. The maximum Gasteiger partial charge on any atom is 0.305 e. The molecule has 2 unspecified atom stereocenters. The predicted molar refractivity (Wildman–Crippen MR) is 287 cm³/mol. The monoisotopic (exact) mass is 932 g/mol. The molecule has 0 rings (SSSR count). The van der Waals surface area contributed by atoms with Crippen molar-refractivity contribution in [3.8, 4) is 0 Å². The lowest BCUT2D eigenvalue weighted by Crippen LogP contribution is -2.45. The van der Waals surface area contributed by atoms with Gasteiger partial charge in [-0.1, -0.05) is 302 Å². The number of aliphatic hydroxyl groups is 2. The molecule has 0 fully saturated rings. The molecule has 0 aromatic heterocycles. The van der Waals surface area contributed by atoms with E-state index in [1.807, 2.05) is 6.08 Å². The van der Waals surface area contributed by atoms with Gasteiger partial charge in [-0.2, -0.15) is 0 Å². The van der Waals surface area contributed by atoms with Crippen molar-refractivity contribution < 1.29 is 24.5 Å². The Hall–Kier alpha value is -1.40. The number of aliphatic hydroxyl groups excluding tert-OH is 2. The molecule has 0 aliphatic rings. The molecule has 6 nitrogen and oxygen atoms in total. The van der Waals surface area contributed by atoms with Crippen molar-refractivity contribution in [2.45, 2.75) is 347 Å². The van der Waals surface area contributed by atoms with Crippen LogP contribution in [0.2, 0.25) is 0 Å². The van der Waals surface area contributed by atoms with Gasteiger partial charge in [-0.05, 0) is 32.1 Å². The lowest BCUT2D eigenvalue weighted by Gasteiger charge is -2.20. The summed E-state index contributed by atoms with van der Waals surface area (Å²) in [6.07, 6.45) is 66.6. The van der Waals surface area contributed by atoms with Crippen molar-refractivity contribution in [1.29, 1.82) is 0 Å². The fraction of sp³-hybridized carbons (Fsp3) is 0.933. The van der Waals surface area contributed by atoms with Gasteiger partial charge >= 0.3 is 5.97 Å². The second kappa shape index (κ2) is 56.2. The zero-order chi connectivity index (χ0) is 47.9. The smallest absolute Gasteiger partial charge is 0.305 e. The summed E-state index contributed by atoms with van der Waals surface area (Å²) >= 11 is 0. The van der Waals surface area contributed by atoms with E-state index >= 15 is 0 Å². The van der Waals surface area contributed by atoms with Gasteiger partial charge in [0.15, 0.2) is 0 Å². The topological polar surface area (TPSA) is 95.9 Å². The van der Waals surface area contributed by atoms with Gasteiger partial charge < -0.3 is 20.3 Å². The molecule has 0 radical (unpaired) electrons. The van der Waals surface area contributed by atoms with Gasteiger partial charge in [0.1, 0.15) is 0 Å². The molecule has 0 saturated heterocycles. The second-order valence-corrected chi connectivity index (χ2v) is 20.7. The Balaban J connectivity index is 3.45. The van der Waals surface area contributed by atoms with Crippen LogP contribution in [0.4, 0.5) is 0 Å². The highest BCUT2D eigenvalue weighted by Gasteiger charge is 2.18. The van der Waals surface area contributed by atoms with E-state index in [-0.39, 0.29) is 18.5 Å². The molecule has 6 heteroatoms. The van der Waals surface area contributed by atoms with Gasteiger partial charge in [0, 0.05) is 12.8 Å². The fourth-order valence-electron chi connectivity index (χ4n) is 9.46. The van der Waals surface area contributed by atoms with Crippen molar-refractivity contribution in [1.82, 2.24) is 5.32 Å². The van der Waals surface area contributed by atoms with Crippen molar-refractivity contribution in [2.75, 3.05) is 13.2 Å². The minimum atomic E-state index is -0.852. The lowest BCUT2D eigenvalue weighted by atomic mass is 10.0. The zero-order valence-corrected chi connectivity index (χ0v) is 44.7. The van der Waals surface area contributed by atoms with Crippen LogP contribution in [0.15, 0.2) is 12.2 Å². The van der Waals surface area contributed by atoms with Gasteiger partial charge in [0.2, 0.25) is 5.91 Å². The Labute approximate surface area is 412 Å². The third-order valence-corrected chi connectivity index (χ3v) is 14.1. The Kier molecular flexibility index (Phi) is 55.0. The number of carbonyl (C=O) groups is 2. The summed E-state index contributed by atoms with van der Waals surface area (Å²) in [7, 11) is 0. The Morgan fingerprint density at radius 3 is 1.03 bits per heavy atom. The van der Waals surface area contributed by atoms with Crippen LogP contribution in [0.1, 0.15) is 335 Å². The van der Waals surface area contributed by atoms with E-state index in [4.69, 9.17) is 4.74 Å². The van der Waals surface area contributed by atoms with E-state index < -0.39 is 12.1 Å². The van der Waals surface area contributed by atoms with Crippen LogP contribution in [-0.4, -0.2) is 47.4 Å². The Bertz CT molecular complexity index is 986. The third kappa shape index (κ3) is 52.0. The molecule has 0 saturated carbocycles. The summed E-state index contributed by atoms with van der Waals surface area (Å²) in [4.78, 5) is 24.6. The lowest BCUT2D eigenvalue weighted by molar-refractivity contribution is -0.143. The van der Waals surface area contributed by atoms with E-state index in [9.17, 15) is 19.8 Å². The van der Waals surface area contributed by atoms with Crippen LogP contribution in [0.3, 0.4) is 0 Å². The van der Waals surface area contributed by atoms with Crippen LogP contribution < -0.4 is 5.32 Å². The number of esters is 1. The first-order valence-corrected chi connectivity index (χ1v) is 30.0. The summed E-state index contributed by atoms with van der Waals surface area (Å²) in [5.41, 5.74) is 0. The number of unbranched alkanes of at least 4 members (excludes halogenated alkanes) is 45. The molecule has 392 valence electrons. The molecule has 0 aromatic carbocycles. The molecule has 0 heterocycles. The molecule has 2 atom stereocenters. The maximum atomic E-state index is 12.5. The first kappa shape index (κ1) is 64.6. The van der Waals surface area contributed by atoms with Gasteiger partial charge in [-0.15, -0.1) is 0 Å². The van der Waals surface area contributed by atoms with E-state index in [2.05, 4.69) is 19.2 Å². The number of nitrogens with one attached hydrogen (secondary N) is 1. The average molecular weight is 933 g/mol. The molecule has 0 aromatic rings. The van der Waals surface area contributed by atoms with E-state index in [0.717, 1.165) is 57.8 Å². The minimum absolute atomic E-state index is 0.00204. The average Bonchev–Trinajstić information content (AvgIpc) is 3.32. The number of rotatable bonds is 56. The van der Waals surface area contributed by atoms with Gasteiger partial charge in [0.25, 0.3) is 0 Å². The van der Waals surface area contributed by atoms with Crippen LogP contribution in [0, 0.1) is 0 Å². The highest BCUT2D eigenvalue weighted by Crippen LogP contribution is 2.18. The number of allylic oxidation sites excluding steroid dienone is 1. The summed E-state index contributed by atoms with van der Waals surface area (Å²) in [5.74, 6) is -0.0793. The Morgan fingerprint density at radius 2 is 0.697 bits per heavy atom. The molecule has 0 spiro atoms. The van der Waals surface area contributed by atoms with Gasteiger partial charge in [-0.3, -0.25) is 9.59 Å². The molecule has 1 amide bonds. The summed E-state index contributed by atoms with van der Waals surface area (Å²) in [5, 5.41) is 23.2. The van der Waals surface area contributed by atoms with Crippen LogP contribution in [0.5, 0.6) is 0 Å². The summed E-state index contributed by atoms with van der Waals surface area (Å²) in [6, 6.07) is -0.637. The minimum Gasteiger partial charge on any atom is -0.466 e. The quantitative estimate of drug-likeness (QED) is 0.0321. The highest BCUT2D eigenvalue weighted by molar-refractivity contribution is 5.76. The molecular weight excluding hydrogens is 815 g/mol. The maximum absolute atomic E-state index is 12.5. The largest absolute Gasteiger partial charge is 0.466 e. The molecule has 0 aliphatic heterocycles. The molecule has 0 bridgehead atoms.